The van der Waals surface area contributed by atoms with Crippen LogP contribution in [-0.4, -0.2) is 48.6 Å². The molecule has 0 unspecified atom stereocenters. The fourth-order valence-electron chi connectivity index (χ4n) is 3.96. The van der Waals surface area contributed by atoms with Gasteiger partial charge in [-0.1, -0.05) is 36.4 Å². The number of nitrogens with zero attached hydrogens (tertiary/aromatic N) is 2. The lowest BCUT2D eigenvalue weighted by Crippen LogP contribution is -2.38. The molecule has 0 atom stereocenters. The van der Waals surface area contributed by atoms with E-state index >= 15 is 0 Å². The Kier molecular flexibility index (Phi) is 5.68. The molecule has 2 aromatic carbocycles. The Labute approximate surface area is 182 Å². The van der Waals surface area contributed by atoms with Gasteiger partial charge < -0.3 is 5.32 Å². The summed E-state index contributed by atoms with van der Waals surface area (Å²) in [4.78, 5) is 27.5. The van der Waals surface area contributed by atoms with Crippen LogP contribution in [0, 0.1) is 0 Å². The van der Waals surface area contributed by atoms with Crippen molar-refractivity contribution in [1.29, 1.82) is 0 Å². The van der Waals surface area contributed by atoms with Gasteiger partial charge in [0.05, 0.1) is 10.5 Å². The topological polar surface area (TPSA) is 86.8 Å². The highest BCUT2D eigenvalue weighted by molar-refractivity contribution is 7.89. The summed E-state index contributed by atoms with van der Waals surface area (Å²) in [6.07, 6.45) is 1.71. The first kappa shape index (κ1) is 21.3. The number of rotatable bonds is 6. The number of carbonyl (C=O) groups excluding carboxylic acids is 2. The van der Waals surface area contributed by atoms with Gasteiger partial charge in [0.2, 0.25) is 10.0 Å². The SMILES string of the molecule is CC(C)N1C(=O)C(Nc2cccc(S(=O)(=O)N3CCCC3)c2)=C(c2ccccc2)C1=O. The third-order valence-corrected chi connectivity index (χ3v) is 7.40. The first-order chi connectivity index (χ1) is 14.8. The molecule has 8 heteroatoms. The van der Waals surface area contributed by atoms with Crippen molar-refractivity contribution in [2.24, 2.45) is 0 Å². The molecular formula is C23H25N3O4S. The Bertz CT molecular complexity index is 1150. The van der Waals surface area contributed by atoms with E-state index < -0.39 is 15.9 Å². The molecule has 1 fully saturated rings. The second kappa shape index (κ2) is 8.28. The summed E-state index contributed by atoms with van der Waals surface area (Å²) in [5.74, 6) is -0.791. The number of hydrogen-bond donors (Lipinski definition) is 1. The molecule has 0 aliphatic carbocycles. The molecule has 1 saturated heterocycles. The van der Waals surface area contributed by atoms with Crippen molar-refractivity contribution in [2.45, 2.75) is 37.6 Å². The van der Waals surface area contributed by atoms with Gasteiger partial charge in [0.1, 0.15) is 5.70 Å². The predicted octanol–water partition coefficient (Wildman–Crippen LogP) is 3.07. The Hall–Kier alpha value is -2.97. The number of anilines is 1. The highest BCUT2D eigenvalue weighted by atomic mass is 32.2. The fraction of sp³-hybridized carbons (Fsp3) is 0.304. The van der Waals surface area contributed by atoms with E-state index in [1.54, 1.807) is 56.3 Å². The van der Waals surface area contributed by atoms with Gasteiger partial charge in [0, 0.05) is 24.8 Å². The average molecular weight is 440 g/mol. The van der Waals surface area contributed by atoms with Gasteiger partial charge in [0.15, 0.2) is 0 Å². The minimum atomic E-state index is -3.59. The van der Waals surface area contributed by atoms with E-state index in [0.717, 1.165) is 12.8 Å². The molecule has 7 nitrogen and oxygen atoms in total. The van der Waals surface area contributed by atoms with E-state index in [1.165, 1.54) is 15.3 Å². The van der Waals surface area contributed by atoms with Gasteiger partial charge >= 0.3 is 0 Å². The summed E-state index contributed by atoms with van der Waals surface area (Å²) in [6.45, 7) is 4.59. The van der Waals surface area contributed by atoms with Crippen molar-refractivity contribution in [3.63, 3.8) is 0 Å². The first-order valence-electron chi connectivity index (χ1n) is 10.4. The van der Waals surface area contributed by atoms with Crippen molar-refractivity contribution in [1.82, 2.24) is 9.21 Å². The minimum Gasteiger partial charge on any atom is -0.350 e. The average Bonchev–Trinajstić information content (AvgIpc) is 3.37. The van der Waals surface area contributed by atoms with Crippen LogP contribution in [0.25, 0.3) is 5.57 Å². The molecule has 2 aliphatic rings. The number of sulfonamides is 1. The van der Waals surface area contributed by atoms with Crippen molar-refractivity contribution < 1.29 is 18.0 Å². The molecule has 0 saturated carbocycles. The molecule has 162 valence electrons. The lowest BCUT2D eigenvalue weighted by Gasteiger charge is -2.19. The summed E-state index contributed by atoms with van der Waals surface area (Å²) in [6, 6.07) is 15.1. The second-order valence-corrected chi connectivity index (χ2v) is 9.89. The molecule has 0 aromatic heterocycles. The number of nitrogens with one attached hydrogen (secondary N) is 1. The quantitative estimate of drug-likeness (QED) is 0.699. The monoisotopic (exact) mass is 439 g/mol. The van der Waals surface area contributed by atoms with Crippen LogP contribution in [0.1, 0.15) is 32.3 Å². The summed E-state index contributed by atoms with van der Waals surface area (Å²) in [5.41, 5.74) is 1.51. The van der Waals surface area contributed by atoms with Crippen molar-refractivity contribution in [3.05, 3.63) is 65.9 Å². The molecule has 0 spiro atoms. The zero-order valence-electron chi connectivity index (χ0n) is 17.5. The normalized spacial score (nSPS) is 17.8. The lowest BCUT2D eigenvalue weighted by molar-refractivity contribution is -0.138. The lowest BCUT2D eigenvalue weighted by atomic mass is 10.0. The number of hydrogen-bond acceptors (Lipinski definition) is 5. The molecule has 4 rings (SSSR count). The molecule has 31 heavy (non-hydrogen) atoms. The Morgan fingerprint density at radius 1 is 0.903 bits per heavy atom. The maximum absolute atomic E-state index is 13.1. The first-order valence-corrected chi connectivity index (χ1v) is 11.8. The summed E-state index contributed by atoms with van der Waals surface area (Å²) in [7, 11) is -3.59. The third-order valence-electron chi connectivity index (χ3n) is 5.50. The molecular weight excluding hydrogens is 414 g/mol. The minimum absolute atomic E-state index is 0.153. The van der Waals surface area contributed by atoms with Crippen LogP contribution in [0.4, 0.5) is 5.69 Å². The second-order valence-electron chi connectivity index (χ2n) is 7.95. The zero-order valence-corrected chi connectivity index (χ0v) is 18.4. The molecule has 1 N–H and O–H groups in total. The molecule has 0 radical (unpaired) electrons. The molecule has 2 aromatic rings. The van der Waals surface area contributed by atoms with E-state index in [0.29, 0.717) is 24.3 Å². The van der Waals surface area contributed by atoms with Gasteiger partial charge in [0.25, 0.3) is 11.8 Å². The van der Waals surface area contributed by atoms with Gasteiger partial charge in [-0.2, -0.15) is 4.31 Å². The van der Waals surface area contributed by atoms with Crippen molar-refractivity contribution in [3.8, 4) is 0 Å². The highest BCUT2D eigenvalue weighted by Gasteiger charge is 2.40. The van der Waals surface area contributed by atoms with E-state index in [2.05, 4.69) is 5.32 Å². The molecule has 2 heterocycles. The fourth-order valence-corrected chi connectivity index (χ4v) is 5.52. The third kappa shape index (κ3) is 3.88. The largest absolute Gasteiger partial charge is 0.350 e. The van der Waals surface area contributed by atoms with E-state index in [1.807, 2.05) is 6.07 Å². The maximum Gasteiger partial charge on any atom is 0.278 e. The van der Waals surface area contributed by atoms with Crippen LogP contribution in [0.3, 0.4) is 0 Å². The van der Waals surface area contributed by atoms with Gasteiger partial charge in [-0.05, 0) is 50.5 Å². The van der Waals surface area contributed by atoms with Crippen LogP contribution >= 0.6 is 0 Å². The van der Waals surface area contributed by atoms with Crippen LogP contribution in [0.5, 0.6) is 0 Å². The van der Waals surface area contributed by atoms with Crippen molar-refractivity contribution in [2.75, 3.05) is 18.4 Å². The summed E-state index contributed by atoms with van der Waals surface area (Å²) < 4.78 is 27.3. The van der Waals surface area contributed by atoms with E-state index in [9.17, 15) is 18.0 Å². The highest BCUT2D eigenvalue weighted by Crippen LogP contribution is 2.32. The number of benzene rings is 2. The molecule has 0 bridgehead atoms. The van der Waals surface area contributed by atoms with Gasteiger partial charge in [-0.25, -0.2) is 8.42 Å². The smallest absolute Gasteiger partial charge is 0.278 e. The Morgan fingerprint density at radius 2 is 1.58 bits per heavy atom. The van der Waals surface area contributed by atoms with Crippen molar-refractivity contribution >= 4 is 33.1 Å². The number of amides is 2. The number of imide groups is 1. The Balaban J connectivity index is 1.73. The zero-order chi connectivity index (χ0) is 22.2. The standard InChI is InChI=1S/C23H25N3O4S/c1-16(2)26-22(27)20(17-9-4-3-5-10-17)21(23(26)28)24-18-11-8-12-19(15-18)31(29,30)25-13-6-7-14-25/h3-5,8-12,15-16,24H,6-7,13-14H2,1-2H3. The molecule has 2 aliphatic heterocycles. The van der Waals surface area contributed by atoms with Crippen LogP contribution in [-0.2, 0) is 19.6 Å². The maximum atomic E-state index is 13.1. The summed E-state index contributed by atoms with van der Waals surface area (Å²) in [5, 5.41) is 3.04. The van der Waals surface area contributed by atoms with Crippen LogP contribution in [0.15, 0.2) is 65.2 Å². The van der Waals surface area contributed by atoms with Crippen LogP contribution in [0.2, 0.25) is 0 Å². The van der Waals surface area contributed by atoms with Gasteiger partial charge in [-0.15, -0.1) is 0 Å². The molecule has 2 amide bonds. The van der Waals surface area contributed by atoms with Crippen LogP contribution < -0.4 is 5.32 Å². The predicted molar refractivity (Wildman–Crippen MR) is 118 cm³/mol. The number of carbonyl (C=O) groups is 2. The van der Waals surface area contributed by atoms with Gasteiger partial charge in [-0.3, -0.25) is 14.5 Å². The summed E-state index contributed by atoms with van der Waals surface area (Å²) >= 11 is 0. The van der Waals surface area contributed by atoms with E-state index in [-0.39, 0.29) is 28.1 Å². The van der Waals surface area contributed by atoms with E-state index in [4.69, 9.17) is 0 Å². The Morgan fingerprint density at radius 3 is 2.23 bits per heavy atom.